The summed E-state index contributed by atoms with van der Waals surface area (Å²) < 4.78 is 0. The molecule has 28 heavy (non-hydrogen) atoms. The number of carbonyl (C=O) groups excluding carboxylic acids is 1. The summed E-state index contributed by atoms with van der Waals surface area (Å²) in [6.07, 6.45) is 1.70. The summed E-state index contributed by atoms with van der Waals surface area (Å²) in [4.78, 5) is 14.9. The number of H-pyrrole nitrogens is 1. The lowest BCUT2D eigenvalue weighted by Gasteiger charge is -2.28. The van der Waals surface area contributed by atoms with Crippen molar-refractivity contribution in [1.29, 1.82) is 5.26 Å². The van der Waals surface area contributed by atoms with Gasteiger partial charge in [0.15, 0.2) is 0 Å². The van der Waals surface area contributed by atoms with Crippen molar-refractivity contribution < 1.29 is 4.79 Å². The van der Waals surface area contributed by atoms with Gasteiger partial charge in [0.05, 0.1) is 23.7 Å². The molecule has 0 radical (unpaired) electrons. The van der Waals surface area contributed by atoms with Crippen LogP contribution in [0.15, 0.2) is 60.7 Å². The molecule has 1 saturated heterocycles. The van der Waals surface area contributed by atoms with Gasteiger partial charge in [0.2, 0.25) is 0 Å². The van der Waals surface area contributed by atoms with E-state index in [9.17, 15) is 10.1 Å². The Bertz CT molecular complexity index is 1020. The van der Waals surface area contributed by atoms with E-state index < -0.39 is 0 Å². The summed E-state index contributed by atoms with van der Waals surface area (Å²) in [6, 6.07) is 21.0. The lowest BCUT2D eigenvalue weighted by molar-refractivity contribution is 0.0722. The van der Waals surface area contributed by atoms with Crippen molar-refractivity contribution in [2.24, 2.45) is 0 Å². The molecular weight excluding hydrogens is 372 g/mol. The van der Waals surface area contributed by atoms with E-state index in [1.807, 2.05) is 48.5 Å². The Morgan fingerprint density at radius 3 is 2.79 bits per heavy atom. The number of hydrogen-bond donors (Lipinski definition) is 1. The number of rotatable bonds is 4. The van der Waals surface area contributed by atoms with Crippen molar-refractivity contribution >= 4 is 17.5 Å². The maximum atomic E-state index is 13.1. The number of nitrogens with one attached hydrogen (secondary N) is 1. The molecular formula is C22H19ClN4O. The minimum Gasteiger partial charge on any atom is -0.333 e. The first-order valence-electron chi connectivity index (χ1n) is 9.24. The number of halogens is 1. The van der Waals surface area contributed by atoms with Crippen LogP contribution >= 0.6 is 11.6 Å². The average Bonchev–Trinajstić information content (AvgIpc) is 3.39. The van der Waals surface area contributed by atoms with Gasteiger partial charge in [0.1, 0.15) is 5.69 Å². The fraction of sp³-hybridized carbons (Fsp3) is 0.227. The van der Waals surface area contributed by atoms with Crippen molar-refractivity contribution in [3.8, 4) is 17.3 Å². The minimum absolute atomic E-state index is 0.126. The molecule has 1 aliphatic heterocycles. The third kappa shape index (κ3) is 3.51. The quantitative estimate of drug-likeness (QED) is 0.705. The zero-order valence-electron chi connectivity index (χ0n) is 15.2. The van der Waals surface area contributed by atoms with Crippen molar-refractivity contribution in [2.75, 3.05) is 6.54 Å². The van der Waals surface area contributed by atoms with Crippen molar-refractivity contribution in [2.45, 2.75) is 24.8 Å². The molecule has 2 aromatic carbocycles. The fourth-order valence-corrected chi connectivity index (χ4v) is 4.01. The largest absolute Gasteiger partial charge is 0.333 e. The van der Waals surface area contributed by atoms with Gasteiger partial charge in [0.25, 0.3) is 5.91 Å². The molecule has 140 valence electrons. The molecule has 5 nitrogen and oxygen atoms in total. The Kier molecular flexibility index (Phi) is 5.14. The number of hydrogen-bond acceptors (Lipinski definition) is 3. The van der Waals surface area contributed by atoms with Crippen LogP contribution in [0.1, 0.15) is 34.8 Å². The lowest BCUT2D eigenvalue weighted by Crippen LogP contribution is -2.39. The van der Waals surface area contributed by atoms with Gasteiger partial charge in [-0.1, -0.05) is 54.1 Å². The van der Waals surface area contributed by atoms with Crippen LogP contribution in [0.2, 0.25) is 5.02 Å². The molecule has 4 rings (SSSR count). The van der Waals surface area contributed by atoms with Crippen LogP contribution in [0.3, 0.4) is 0 Å². The summed E-state index contributed by atoms with van der Waals surface area (Å²) in [5, 5.41) is 17.5. The fourth-order valence-electron chi connectivity index (χ4n) is 3.82. The first-order chi connectivity index (χ1) is 13.7. The van der Waals surface area contributed by atoms with Gasteiger partial charge in [-0.25, -0.2) is 0 Å². The molecule has 6 heteroatoms. The third-order valence-corrected chi connectivity index (χ3v) is 5.41. The first-order valence-corrected chi connectivity index (χ1v) is 9.62. The SMILES string of the molecule is N#C[C@H](c1ccccc1)[C@@H]1CCCN1C(=O)c1cc(-c2cccc(Cl)c2)n[nH]1. The number of aromatic amines is 1. The van der Waals surface area contributed by atoms with Gasteiger partial charge in [-0.3, -0.25) is 9.89 Å². The normalized spacial score (nSPS) is 17.3. The number of nitrogens with zero attached hydrogens (tertiary/aromatic N) is 3. The highest BCUT2D eigenvalue weighted by atomic mass is 35.5. The summed E-state index contributed by atoms with van der Waals surface area (Å²) in [5.41, 5.74) is 2.88. The second-order valence-electron chi connectivity index (χ2n) is 6.90. The van der Waals surface area contributed by atoms with E-state index in [0.717, 1.165) is 24.0 Å². The van der Waals surface area contributed by atoms with Crippen LogP contribution in [0, 0.1) is 11.3 Å². The predicted molar refractivity (Wildman–Crippen MR) is 108 cm³/mol. The highest BCUT2D eigenvalue weighted by molar-refractivity contribution is 6.30. The summed E-state index contributed by atoms with van der Waals surface area (Å²) in [7, 11) is 0. The monoisotopic (exact) mass is 390 g/mol. The van der Waals surface area contributed by atoms with Gasteiger partial charge in [-0.2, -0.15) is 10.4 Å². The Morgan fingerprint density at radius 1 is 1.21 bits per heavy atom. The zero-order valence-corrected chi connectivity index (χ0v) is 15.9. The molecule has 0 aliphatic carbocycles. The first kappa shape index (κ1) is 18.3. The van der Waals surface area contributed by atoms with E-state index in [4.69, 9.17) is 11.6 Å². The molecule has 1 fully saturated rings. The molecule has 2 heterocycles. The van der Waals surface area contributed by atoms with Crippen LogP contribution < -0.4 is 0 Å². The van der Waals surface area contributed by atoms with Crippen molar-refractivity contribution in [3.05, 3.63) is 76.9 Å². The summed E-state index contributed by atoms with van der Waals surface area (Å²) >= 11 is 6.05. The van der Waals surface area contributed by atoms with E-state index in [2.05, 4.69) is 16.3 Å². The van der Waals surface area contributed by atoms with Crippen LogP contribution in [0.4, 0.5) is 0 Å². The molecule has 1 amide bonds. The van der Waals surface area contributed by atoms with E-state index >= 15 is 0 Å². The second-order valence-corrected chi connectivity index (χ2v) is 7.34. The number of likely N-dealkylation sites (tertiary alicyclic amines) is 1. The van der Waals surface area contributed by atoms with Gasteiger partial charge in [0, 0.05) is 17.1 Å². The summed E-state index contributed by atoms with van der Waals surface area (Å²) in [5.74, 6) is -0.470. The Labute approximate surface area is 168 Å². The van der Waals surface area contributed by atoms with E-state index in [1.165, 1.54) is 0 Å². The predicted octanol–water partition coefficient (Wildman–Crippen LogP) is 4.64. The van der Waals surface area contributed by atoms with Crippen LogP contribution in [-0.2, 0) is 0 Å². The molecule has 0 bridgehead atoms. The van der Waals surface area contributed by atoms with Gasteiger partial charge >= 0.3 is 0 Å². The lowest BCUT2D eigenvalue weighted by atomic mass is 9.91. The van der Waals surface area contributed by atoms with E-state index in [0.29, 0.717) is 23.0 Å². The maximum Gasteiger partial charge on any atom is 0.272 e. The number of nitriles is 1. The van der Waals surface area contributed by atoms with Crippen LogP contribution in [0.25, 0.3) is 11.3 Å². The topological polar surface area (TPSA) is 72.8 Å². The molecule has 0 spiro atoms. The van der Waals surface area contributed by atoms with Crippen LogP contribution in [-0.4, -0.2) is 33.6 Å². The van der Waals surface area contributed by atoms with Crippen molar-refractivity contribution in [1.82, 2.24) is 15.1 Å². The maximum absolute atomic E-state index is 13.1. The van der Waals surface area contributed by atoms with Gasteiger partial charge in [-0.15, -0.1) is 0 Å². The Morgan fingerprint density at radius 2 is 2.04 bits per heavy atom. The molecule has 1 N–H and O–H groups in total. The average molecular weight is 391 g/mol. The molecule has 0 saturated carbocycles. The van der Waals surface area contributed by atoms with Gasteiger partial charge < -0.3 is 4.90 Å². The molecule has 0 unspecified atom stereocenters. The standard InChI is InChI=1S/C22H19ClN4O/c23-17-9-4-8-16(12-17)19-13-20(26-25-19)22(28)27-11-5-10-21(27)18(14-24)15-6-2-1-3-7-15/h1-4,6-9,12-13,18,21H,5,10-11H2,(H,25,26)/t18-,21+/m1/s1. The smallest absolute Gasteiger partial charge is 0.272 e. The third-order valence-electron chi connectivity index (χ3n) is 5.17. The molecule has 1 aliphatic rings. The second kappa shape index (κ2) is 7.87. The zero-order chi connectivity index (χ0) is 19.5. The highest BCUT2D eigenvalue weighted by Crippen LogP contribution is 2.32. The molecule has 2 atom stereocenters. The number of aromatic nitrogens is 2. The number of amides is 1. The van der Waals surface area contributed by atoms with Crippen LogP contribution in [0.5, 0.6) is 0 Å². The van der Waals surface area contributed by atoms with E-state index in [-0.39, 0.29) is 17.9 Å². The van der Waals surface area contributed by atoms with Gasteiger partial charge in [-0.05, 0) is 36.6 Å². The van der Waals surface area contributed by atoms with Crippen molar-refractivity contribution in [3.63, 3.8) is 0 Å². The molecule has 1 aromatic heterocycles. The molecule has 3 aromatic rings. The Hall–Kier alpha value is -3.10. The number of benzene rings is 2. The minimum atomic E-state index is -0.344. The number of carbonyl (C=O) groups is 1. The Balaban J connectivity index is 1.58. The summed E-state index contributed by atoms with van der Waals surface area (Å²) in [6.45, 7) is 0.639. The highest BCUT2D eigenvalue weighted by Gasteiger charge is 2.36. The van der Waals surface area contributed by atoms with E-state index in [1.54, 1.807) is 17.0 Å².